The van der Waals surface area contributed by atoms with Gasteiger partial charge in [0.25, 0.3) is 0 Å². The number of fused-ring (bicyclic) bond motifs is 13. The predicted octanol–water partition coefficient (Wildman–Crippen LogP) is 11.6. The molecule has 0 amide bonds. The monoisotopic (exact) mass is 683 g/mol. The van der Waals surface area contributed by atoms with Crippen LogP contribution < -0.4 is 4.90 Å². The smallest absolute Gasteiger partial charge is 0.207 e. The van der Waals surface area contributed by atoms with Crippen molar-refractivity contribution in [1.82, 2.24) is 0 Å². The summed E-state index contributed by atoms with van der Waals surface area (Å²) in [6, 6.07) is 48.3. The second-order valence-electron chi connectivity index (χ2n) is 12.9. The zero-order valence-corrected chi connectivity index (χ0v) is 28.4. The summed E-state index contributed by atoms with van der Waals surface area (Å²) in [7, 11) is -3.66. The van der Waals surface area contributed by atoms with E-state index in [2.05, 4.69) is 119 Å². The van der Waals surface area contributed by atoms with Crippen LogP contribution in [0.1, 0.15) is 22.3 Å². The molecule has 4 heterocycles. The molecule has 2 aromatic heterocycles. The lowest BCUT2D eigenvalue weighted by molar-refractivity contribution is 0.598. The third-order valence-electron chi connectivity index (χ3n) is 10.6. The van der Waals surface area contributed by atoms with Crippen LogP contribution in [-0.4, -0.2) is 8.42 Å². The number of sulfone groups is 1. The Morgan fingerprint density at radius 1 is 0.510 bits per heavy atom. The average Bonchev–Trinajstić information content (AvgIpc) is 3.91. The van der Waals surface area contributed by atoms with Gasteiger partial charge in [0.05, 0.1) is 26.6 Å². The number of para-hydroxylation sites is 2. The summed E-state index contributed by atoms with van der Waals surface area (Å²) in [5.74, 6) is 0. The number of anilines is 3. The van der Waals surface area contributed by atoms with Gasteiger partial charge in [-0.2, -0.15) is 0 Å². The van der Waals surface area contributed by atoms with Gasteiger partial charge in [0.2, 0.25) is 9.84 Å². The van der Waals surface area contributed by atoms with E-state index in [0.717, 1.165) is 50.1 Å². The van der Waals surface area contributed by atoms with Crippen LogP contribution >= 0.6 is 22.7 Å². The molecule has 11 rings (SSSR count). The van der Waals surface area contributed by atoms with E-state index in [0.29, 0.717) is 9.79 Å². The lowest BCUT2D eigenvalue weighted by Gasteiger charge is -2.44. The molecule has 0 N–H and O–H groups in total. The number of nitrogens with zero attached hydrogens (tertiary/aromatic N) is 1. The molecule has 232 valence electrons. The van der Waals surface area contributed by atoms with Gasteiger partial charge < -0.3 is 4.90 Å². The molecule has 1 aliphatic carbocycles. The van der Waals surface area contributed by atoms with E-state index in [-0.39, 0.29) is 0 Å². The van der Waals surface area contributed by atoms with Gasteiger partial charge >= 0.3 is 0 Å². The summed E-state index contributed by atoms with van der Waals surface area (Å²) in [6.07, 6.45) is 0. The molecule has 3 nitrogen and oxygen atoms in total. The highest BCUT2D eigenvalue weighted by Gasteiger charge is 2.53. The maximum Gasteiger partial charge on any atom is 0.207 e. The first-order chi connectivity index (χ1) is 24.1. The molecule has 49 heavy (non-hydrogen) atoms. The lowest BCUT2D eigenvalue weighted by Crippen LogP contribution is -2.35. The summed E-state index contributed by atoms with van der Waals surface area (Å²) in [5.41, 5.74) is 11.4. The van der Waals surface area contributed by atoms with Crippen molar-refractivity contribution in [2.75, 3.05) is 4.90 Å². The highest BCUT2D eigenvalue weighted by Crippen LogP contribution is 2.65. The van der Waals surface area contributed by atoms with E-state index in [1.165, 1.54) is 32.0 Å². The second kappa shape index (κ2) is 9.67. The summed E-state index contributed by atoms with van der Waals surface area (Å²) < 4.78 is 27.9. The predicted molar refractivity (Wildman–Crippen MR) is 202 cm³/mol. The van der Waals surface area contributed by atoms with E-state index >= 15 is 0 Å². The highest BCUT2D eigenvalue weighted by molar-refractivity contribution is 7.92. The molecule has 3 aliphatic rings. The first kappa shape index (κ1) is 27.7. The van der Waals surface area contributed by atoms with E-state index in [1.807, 2.05) is 46.9 Å². The van der Waals surface area contributed by atoms with Crippen molar-refractivity contribution in [2.24, 2.45) is 0 Å². The summed E-state index contributed by atoms with van der Waals surface area (Å²) >= 11 is 3.64. The summed E-state index contributed by atoms with van der Waals surface area (Å²) in [5, 5.41) is 6.74. The fourth-order valence-electron chi connectivity index (χ4n) is 8.65. The largest absolute Gasteiger partial charge is 0.310 e. The Bertz CT molecular complexity index is 2730. The third-order valence-corrected chi connectivity index (χ3v) is 14.5. The molecule has 0 bridgehead atoms. The van der Waals surface area contributed by atoms with Gasteiger partial charge in [-0.1, -0.05) is 84.9 Å². The first-order valence-electron chi connectivity index (χ1n) is 16.2. The van der Waals surface area contributed by atoms with Crippen LogP contribution in [0.2, 0.25) is 0 Å². The van der Waals surface area contributed by atoms with Crippen LogP contribution in [0.15, 0.2) is 160 Å². The van der Waals surface area contributed by atoms with Crippen LogP contribution in [-0.2, 0) is 15.3 Å². The van der Waals surface area contributed by atoms with Crippen LogP contribution in [0.3, 0.4) is 0 Å². The maximum atomic E-state index is 14.0. The minimum atomic E-state index is -3.66. The van der Waals surface area contributed by atoms with Gasteiger partial charge in [0.15, 0.2) is 0 Å². The molecule has 0 saturated carbocycles. The fourth-order valence-corrected chi connectivity index (χ4v) is 12.4. The maximum absolute atomic E-state index is 14.0. The quantitative estimate of drug-likeness (QED) is 0.182. The Hall–Kier alpha value is -5.27. The molecule has 2 aliphatic heterocycles. The minimum absolute atomic E-state index is 0.359. The minimum Gasteiger partial charge on any atom is -0.310 e. The Balaban J connectivity index is 1.14. The van der Waals surface area contributed by atoms with Crippen molar-refractivity contribution in [3.63, 3.8) is 0 Å². The van der Waals surface area contributed by atoms with E-state index < -0.39 is 15.3 Å². The van der Waals surface area contributed by atoms with Crippen molar-refractivity contribution < 1.29 is 8.42 Å². The molecule has 0 saturated heterocycles. The third kappa shape index (κ3) is 3.43. The molecule has 0 fully saturated rings. The van der Waals surface area contributed by atoms with Crippen LogP contribution in [0.25, 0.3) is 42.8 Å². The average molecular weight is 684 g/mol. The molecule has 0 radical (unpaired) electrons. The SMILES string of the molecule is O=S1(=O)c2ccc(-c3cccc4ccccc34)cc2-c2cc(N3c4ccccc4C4(c5ccccc53)c3ccsc3-c3sccc34)ccc21. The molecule has 0 unspecified atom stereocenters. The molecule has 6 aromatic carbocycles. The highest BCUT2D eigenvalue weighted by atomic mass is 32.2. The van der Waals surface area contributed by atoms with Gasteiger partial charge in [-0.05, 0) is 110 Å². The lowest BCUT2D eigenvalue weighted by atomic mass is 9.65. The summed E-state index contributed by atoms with van der Waals surface area (Å²) in [4.78, 5) is 5.75. The zero-order chi connectivity index (χ0) is 32.5. The number of thiophene rings is 2. The first-order valence-corrected chi connectivity index (χ1v) is 19.5. The van der Waals surface area contributed by atoms with E-state index in [9.17, 15) is 8.42 Å². The fraction of sp³-hybridized carbons (Fsp3) is 0.0233. The topological polar surface area (TPSA) is 37.4 Å². The van der Waals surface area contributed by atoms with Gasteiger partial charge in [0, 0.05) is 26.6 Å². The van der Waals surface area contributed by atoms with Crippen molar-refractivity contribution in [3.05, 3.63) is 173 Å². The number of hydrogen-bond donors (Lipinski definition) is 0. The molecular weight excluding hydrogens is 659 g/mol. The normalized spacial score (nSPS) is 15.4. The Morgan fingerprint density at radius 2 is 1.10 bits per heavy atom. The molecule has 6 heteroatoms. The molecule has 8 aromatic rings. The Kier molecular flexibility index (Phi) is 5.46. The van der Waals surface area contributed by atoms with Crippen molar-refractivity contribution in [3.8, 4) is 32.0 Å². The van der Waals surface area contributed by atoms with Crippen molar-refractivity contribution in [1.29, 1.82) is 0 Å². The van der Waals surface area contributed by atoms with Gasteiger partial charge in [0.1, 0.15) is 0 Å². The molecule has 0 atom stereocenters. The Morgan fingerprint density at radius 3 is 1.82 bits per heavy atom. The Labute approximate surface area is 291 Å². The van der Waals surface area contributed by atoms with E-state index in [1.54, 1.807) is 12.1 Å². The van der Waals surface area contributed by atoms with Crippen LogP contribution in [0.4, 0.5) is 17.1 Å². The second-order valence-corrected chi connectivity index (χ2v) is 16.6. The van der Waals surface area contributed by atoms with Crippen LogP contribution in [0, 0.1) is 0 Å². The molecular formula is C43H25NO2S3. The van der Waals surface area contributed by atoms with E-state index in [4.69, 9.17) is 0 Å². The van der Waals surface area contributed by atoms with Gasteiger partial charge in [-0.15, -0.1) is 22.7 Å². The standard InChI is InChI=1S/C43H25NO2S3/c45-49(46)39-18-16-27(30-11-7-9-26-8-1-2-10-29(26)30)24-31(39)32-25-28(17-19-40(32)49)44-37-14-5-3-12-33(37)43(34-13-4-6-15-38(34)44)35-20-22-47-41(35)42-36(43)21-23-48-42/h1-25H. The zero-order valence-electron chi connectivity index (χ0n) is 25.9. The molecule has 1 spiro atoms. The van der Waals surface area contributed by atoms with Crippen molar-refractivity contribution >= 4 is 60.3 Å². The number of rotatable bonds is 2. The number of hydrogen-bond acceptors (Lipinski definition) is 5. The van der Waals surface area contributed by atoms with Crippen molar-refractivity contribution in [2.45, 2.75) is 15.2 Å². The van der Waals surface area contributed by atoms with Gasteiger partial charge in [-0.25, -0.2) is 8.42 Å². The van der Waals surface area contributed by atoms with Crippen LogP contribution in [0.5, 0.6) is 0 Å². The van der Waals surface area contributed by atoms with Gasteiger partial charge in [-0.3, -0.25) is 0 Å². The summed E-state index contributed by atoms with van der Waals surface area (Å²) in [6.45, 7) is 0. The number of benzene rings is 6.